The molecule has 2 heterocycles. The van der Waals surface area contributed by atoms with Gasteiger partial charge in [-0.3, -0.25) is 4.90 Å². The fraction of sp³-hybridized carbons (Fsp3) is 0.647. The Labute approximate surface area is 127 Å². The molecular weight excluding hydrogens is 264 g/mol. The van der Waals surface area contributed by atoms with Gasteiger partial charge in [-0.05, 0) is 43.4 Å². The summed E-state index contributed by atoms with van der Waals surface area (Å²) in [7, 11) is 0. The molecule has 0 aromatic heterocycles. The van der Waals surface area contributed by atoms with Gasteiger partial charge in [0, 0.05) is 25.2 Å². The van der Waals surface area contributed by atoms with Crippen molar-refractivity contribution in [1.29, 1.82) is 0 Å². The molecule has 2 aliphatic heterocycles. The Morgan fingerprint density at radius 3 is 2.76 bits per heavy atom. The summed E-state index contributed by atoms with van der Waals surface area (Å²) in [6.07, 6.45) is 2.60. The van der Waals surface area contributed by atoms with Gasteiger partial charge >= 0.3 is 0 Å². The minimum absolute atomic E-state index is 0.0218. The van der Waals surface area contributed by atoms with E-state index in [1.807, 2.05) is 12.1 Å². The standard InChI is InChI=1S/C17H26N2O2/c1-12-3-4-13(2)19(10-12)11-15(18)14-5-6-16-17(9-14)21-8-7-20-16/h5-6,9,12-13,15H,3-4,7-8,10-11,18H2,1-2H3. The van der Waals surface area contributed by atoms with Crippen LogP contribution in [0.4, 0.5) is 0 Å². The first kappa shape index (κ1) is 14.7. The third-order valence-electron chi connectivity index (χ3n) is 4.67. The zero-order valence-corrected chi connectivity index (χ0v) is 13.0. The van der Waals surface area contributed by atoms with Gasteiger partial charge in [-0.15, -0.1) is 0 Å². The second kappa shape index (κ2) is 6.24. The summed E-state index contributed by atoms with van der Waals surface area (Å²) in [6, 6.07) is 6.73. The van der Waals surface area contributed by atoms with Crippen LogP contribution in [0.15, 0.2) is 18.2 Å². The molecule has 2 N–H and O–H groups in total. The van der Waals surface area contributed by atoms with Gasteiger partial charge in [-0.1, -0.05) is 13.0 Å². The minimum Gasteiger partial charge on any atom is -0.486 e. The fourth-order valence-electron chi connectivity index (χ4n) is 3.28. The lowest BCUT2D eigenvalue weighted by atomic mass is 9.94. The van der Waals surface area contributed by atoms with E-state index in [1.54, 1.807) is 0 Å². The van der Waals surface area contributed by atoms with Crippen molar-refractivity contribution < 1.29 is 9.47 Å². The molecule has 3 unspecified atom stereocenters. The molecule has 1 saturated heterocycles. The van der Waals surface area contributed by atoms with Crippen molar-refractivity contribution in [3.63, 3.8) is 0 Å². The number of fused-ring (bicyclic) bond motifs is 1. The highest BCUT2D eigenvalue weighted by Crippen LogP contribution is 2.33. The zero-order valence-electron chi connectivity index (χ0n) is 13.0. The summed E-state index contributed by atoms with van der Waals surface area (Å²) in [5.74, 6) is 2.43. The molecule has 1 fully saturated rings. The quantitative estimate of drug-likeness (QED) is 0.929. The number of nitrogens with two attached hydrogens (primary N) is 1. The second-order valence-electron chi connectivity index (χ2n) is 6.50. The number of hydrogen-bond donors (Lipinski definition) is 1. The van der Waals surface area contributed by atoms with Crippen molar-refractivity contribution in [2.45, 2.75) is 38.8 Å². The number of likely N-dealkylation sites (tertiary alicyclic amines) is 1. The van der Waals surface area contributed by atoms with Gasteiger partial charge in [0.25, 0.3) is 0 Å². The summed E-state index contributed by atoms with van der Waals surface area (Å²) in [6.45, 7) is 7.94. The van der Waals surface area contributed by atoms with Crippen molar-refractivity contribution in [2.75, 3.05) is 26.3 Å². The Morgan fingerprint density at radius 1 is 1.19 bits per heavy atom. The smallest absolute Gasteiger partial charge is 0.161 e. The molecule has 0 bridgehead atoms. The molecule has 3 rings (SSSR count). The normalized spacial score (nSPS) is 27.4. The first-order valence-corrected chi connectivity index (χ1v) is 8.02. The van der Waals surface area contributed by atoms with Crippen LogP contribution >= 0.6 is 0 Å². The highest BCUT2D eigenvalue weighted by molar-refractivity contribution is 5.44. The van der Waals surface area contributed by atoms with Crippen molar-refractivity contribution in [2.24, 2.45) is 11.7 Å². The van der Waals surface area contributed by atoms with Gasteiger partial charge in [0.1, 0.15) is 13.2 Å². The van der Waals surface area contributed by atoms with Crippen LogP contribution in [0.3, 0.4) is 0 Å². The molecule has 0 saturated carbocycles. The van der Waals surface area contributed by atoms with E-state index in [0.717, 1.165) is 36.1 Å². The van der Waals surface area contributed by atoms with E-state index in [0.29, 0.717) is 19.3 Å². The van der Waals surface area contributed by atoms with Gasteiger partial charge < -0.3 is 15.2 Å². The number of piperidine rings is 1. The van der Waals surface area contributed by atoms with Gasteiger partial charge in [0.05, 0.1) is 0 Å². The summed E-state index contributed by atoms with van der Waals surface area (Å²) in [5, 5.41) is 0. The molecule has 0 aliphatic carbocycles. The van der Waals surface area contributed by atoms with Gasteiger partial charge in [0.15, 0.2) is 11.5 Å². The topological polar surface area (TPSA) is 47.7 Å². The largest absolute Gasteiger partial charge is 0.486 e. The predicted octanol–water partition coefficient (Wildman–Crippen LogP) is 2.58. The number of ether oxygens (including phenoxy) is 2. The highest BCUT2D eigenvalue weighted by Gasteiger charge is 2.25. The van der Waals surface area contributed by atoms with Gasteiger partial charge in [-0.25, -0.2) is 0 Å². The van der Waals surface area contributed by atoms with E-state index in [-0.39, 0.29) is 6.04 Å². The van der Waals surface area contributed by atoms with E-state index in [1.165, 1.54) is 12.8 Å². The molecule has 2 aliphatic rings. The first-order valence-electron chi connectivity index (χ1n) is 8.02. The van der Waals surface area contributed by atoms with E-state index < -0.39 is 0 Å². The summed E-state index contributed by atoms with van der Waals surface area (Å²) in [5.41, 5.74) is 7.56. The summed E-state index contributed by atoms with van der Waals surface area (Å²) >= 11 is 0. The Bertz CT molecular complexity index is 492. The summed E-state index contributed by atoms with van der Waals surface area (Å²) < 4.78 is 11.2. The van der Waals surface area contributed by atoms with Gasteiger partial charge in [-0.2, -0.15) is 0 Å². The lowest BCUT2D eigenvalue weighted by Gasteiger charge is -2.38. The third-order valence-corrected chi connectivity index (χ3v) is 4.67. The monoisotopic (exact) mass is 290 g/mol. The molecule has 0 amide bonds. The zero-order chi connectivity index (χ0) is 14.8. The Kier molecular flexibility index (Phi) is 4.36. The van der Waals surface area contributed by atoms with Gasteiger partial charge in [0.2, 0.25) is 0 Å². The lowest BCUT2D eigenvalue weighted by molar-refractivity contribution is 0.117. The first-order chi connectivity index (χ1) is 10.1. The van der Waals surface area contributed by atoms with Crippen LogP contribution < -0.4 is 15.2 Å². The molecular formula is C17H26N2O2. The van der Waals surface area contributed by atoms with E-state index >= 15 is 0 Å². The van der Waals surface area contributed by atoms with Crippen LogP contribution in [0.2, 0.25) is 0 Å². The van der Waals surface area contributed by atoms with Crippen molar-refractivity contribution in [3.05, 3.63) is 23.8 Å². The van der Waals surface area contributed by atoms with E-state index in [2.05, 4.69) is 24.8 Å². The maximum absolute atomic E-state index is 6.43. The van der Waals surface area contributed by atoms with Crippen LogP contribution in [0.1, 0.15) is 38.3 Å². The Morgan fingerprint density at radius 2 is 1.95 bits per heavy atom. The average Bonchev–Trinajstić information content (AvgIpc) is 2.50. The number of benzene rings is 1. The molecule has 0 spiro atoms. The third kappa shape index (κ3) is 3.33. The molecule has 1 aromatic rings. The highest BCUT2D eigenvalue weighted by atomic mass is 16.6. The molecule has 116 valence electrons. The minimum atomic E-state index is 0.0218. The Hall–Kier alpha value is -1.26. The number of hydrogen-bond acceptors (Lipinski definition) is 4. The Balaban J connectivity index is 1.68. The second-order valence-corrected chi connectivity index (χ2v) is 6.50. The summed E-state index contributed by atoms with van der Waals surface area (Å²) in [4.78, 5) is 2.52. The molecule has 0 radical (unpaired) electrons. The maximum Gasteiger partial charge on any atom is 0.161 e. The van der Waals surface area contributed by atoms with Crippen LogP contribution in [-0.2, 0) is 0 Å². The molecule has 21 heavy (non-hydrogen) atoms. The fourth-order valence-corrected chi connectivity index (χ4v) is 3.28. The van der Waals surface area contributed by atoms with Crippen molar-refractivity contribution >= 4 is 0 Å². The van der Waals surface area contributed by atoms with Crippen LogP contribution in [0.5, 0.6) is 11.5 Å². The number of rotatable bonds is 3. The molecule has 3 atom stereocenters. The maximum atomic E-state index is 6.43. The number of nitrogens with zero attached hydrogens (tertiary/aromatic N) is 1. The van der Waals surface area contributed by atoms with Crippen LogP contribution in [0, 0.1) is 5.92 Å². The van der Waals surface area contributed by atoms with E-state index in [4.69, 9.17) is 15.2 Å². The predicted molar refractivity (Wildman–Crippen MR) is 83.8 cm³/mol. The molecule has 4 heteroatoms. The van der Waals surface area contributed by atoms with Crippen LogP contribution in [0.25, 0.3) is 0 Å². The molecule has 1 aromatic carbocycles. The van der Waals surface area contributed by atoms with E-state index in [9.17, 15) is 0 Å². The SMILES string of the molecule is CC1CCC(C)N(CC(N)c2ccc3c(c2)OCCO3)C1. The van der Waals surface area contributed by atoms with Crippen LogP contribution in [-0.4, -0.2) is 37.2 Å². The lowest BCUT2D eigenvalue weighted by Crippen LogP contribution is -2.44. The average molecular weight is 290 g/mol. The molecule has 4 nitrogen and oxygen atoms in total. The van der Waals surface area contributed by atoms with Crippen molar-refractivity contribution in [1.82, 2.24) is 4.90 Å². The van der Waals surface area contributed by atoms with Crippen molar-refractivity contribution in [3.8, 4) is 11.5 Å².